The standard InChI is InChI=1S/C17H21ClN4/c1-11(2)20-14-5-3-4-12(8-14)10-19-16-9-15(18)21-17(22-16)13-6-7-13/h3-5,8-9,11,13,20H,6-7,10H2,1-2H3,(H,19,21,22). The summed E-state index contributed by atoms with van der Waals surface area (Å²) in [6.07, 6.45) is 2.34. The molecule has 3 rings (SSSR count). The number of aromatic nitrogens is 2. The van der Waals surface area contributed by atoms with E-state index in [0.29, 0.717) is 23.7 Å². The van der Waals surface area contributed by atoms with Gasteiger partial charge < -0.3 is 10.6 Å². The third-order valence-electron chi connectivity index (χ3n) is 3.51. The molecule has 0 amide bonds. The van der Waals surface area contributed by atoms with Gasteiger partial charge in [0.05, 0.1) is 0 Å². The lowest BCUT2D eigenvalue weighted by atomic mass is 10.2. The fourth-order valence-corrected chi connectivity index (χ4v) is 2.54. The van der Waals surface area contributed by atoms with Crippen LogP contribution in [0.2, 0.25) is 5.15 Å². The number of rotatable bonds is 6. The Morgan fingerprint density at radius 1 is 1.23 bits per heavy atom. The summed E-state index contributed by atoms with van der Waals surface area (Å²) in [6, 6.07) is 10.6. The Hall–Kier alpha value is -1.81. The number of hydrogen-bond acceptors (Lipinski definition) is 4. The Kier molecular flexibility index (Phi) is 4.48. The molecule has 1 fully saturated rings. The van der Waals surface area contributed by atoms with E-state index < -0.39 is 0 Å². The van der Waals surface area contributed by atoms with Crippen molar-refractivity contribution in [2.75, 3.05) is 10.6 Å². The van der Waals surface area contributed by atoms with Crippen LogP contribution in [0.4, 0.5) is 11.5 Å². The number of nitrogens with zero attached hydrogens (tertiary/aromatic N) is 2. The fraction of sp³-hybridized carbons (Fsp3) is 0.412. The van der Waals surface area contributed by atoms with Crippen LogP contribution in [0.3, 0.4) is 0 Å². The third-order valence-corrected chi connectivity index (χ3v) is 3.70. The van der Waals surface area contributed by atoms with Crippen LogP contribution in [0.25, 0.3) is 0 Å². The summed E-state index contributed by atoms with van der Waals surface area (Å²) in [4.78, 5) is 8.86. The van der Waals surface area contributed by atoms with Gasteiger partial charge in [-0.2, -0.15) is 0 Å². The van der Waals surface area contributed by atoms with E-state index in [1.807, 2.05) is 0 Å². The monoisotopic (exact) mass is 316 g/mol. The quantitative estimate of drug-likeness (QED) is 0.774. The van der Waals surface area contributed by atoms with Gasteiger partial charge in [0.25, 0.3) is 0 Å². The maximum absolute atomic E-state index is 6.08. The van der Waals surface area contributed by atoms with Crippen molar-refractivity contribution in [3.8, 4) is 0 Å². The summed E-state index contributed by atoms with van der Waals surface area (Å²) in [6.45, 7) is 4.98. The summed E-state index contributed by atoms with van der Waals surface area (Å²) in [5, 5.41) is 7.26. The summed E-state index contributed by atoms with van der Waals surface area (Å²) >= 11 is 6.08. The molecule has 1 aliphatic carbocycles. The van der Waals surface area contributed by atoms with E-state index in [1.54, 1.807) is 6.07 Å². The molecule has 0 bridgehead atoms. The van der Waals surface area contributed by atoms with E-state index in [1.165, 1.54) is 18.4 Å². The Morgan fingerprint density at radius 2 is 2.05 bits per heavy atom. The van der Waals surface area contributed by atoms with Crippen molar-refractivity contribution in [1.82, 2.24) is 9.97 Å². The van der Waals surface area contributed by atoms with Crippen LogP contribution in [-0.4, -0.2) is 16.0 Å². The predicted octanol–water partition coefficient (Wildman–Crippen LogP) is 4.44. The van der Waals surface area contributed by atoms with Crippen LogP contribution in [0, 0.1) is 0 Å². The van der Waals surface area contributed by atoms with Crippen molar-refractivity contribution >= 4 is 23.1 Å². The summed E-state index contributed by atoms with van der Waals surface area (Å²) in [5.74, 6) is 2.16. The smallest absolute Gasteiger partial charge is 0.135 e. The maximum Gasteiger partial charge on any atom is 0.135 e. The highest BCUT2D eigenvalue weighted by Gasteiger charge is 2.27. The van der Waals surface area contributed by atoms with Crippen molar-refractivity contribution in [2.24, 2.45) is 0 Å². The fourth-order valence-electron chi connectivity index (χ4n) is 2.35. The van der Waals surface area contributed by atoms with Gasteiger partial charge in [-0.05, 0) is 44.4 Å². The summed E-state index contributed by atoms with van der Waals surface area (Å²) in [7, 11) is 0. The second-order valence-electron chi connectivity index (χ2n) is 6.06. The number of hydrogen-bond donors (Lipinski definition) is 2. The molecular formula is C17H21ClN4. The SMILES string of the molecule is CC(C)Nc1cccc(CNc2cc(Cl)nc(C3CC3)n2)c1. The molecule has 5 heteroatoms. The Balaban J connectivity index is 1.67. The van der Waals surface area contributed by atoms with Crippen LogP contribution in [0.1, 0.15) is 44.0 Å². The zero-order chi connectivity index (χ0) is 15.5. The van der Waals surface area contributed by atoms with Crippen molar-refractivity contribution in [2.45, 2.75) is 45.2 Å². The zero-order valence-corrected chi connectivity index (χ0v) is 13.7. The second kappa shape index (κ2) is 6.53. The minimum absolute atomic E-state index is 0.421. The van der Waals surface area contributed by atoms with Gasteiger partial charge in [0.1, 0.15) is 16.8 Å². The van der Waals surface area contributed by atoms with E-state index >= 15 is 0 Å². The van der Waals surface area contributed by atoms with Crippen LogP contribution < -0.4 is 10.6 Å². The first-order valence-corrected chi connectivity index (χ1v) is 8.12. The molecule has 1 saturated carbocycles. The van der Waals surface area contributed by atoms with Crippen molar-refractivity contribution in [3.05, 3.63) is 46.9 Å². The zero-order valence-electron chi connectivity index (χ0n) is 12.9. The van der Waals surface area contributed by atoms with Gasteiger partial charge >= 0.3 is 0 Å². The first-order chi connectivity index (χ1) is 10.6. The number of nitrogens with one attached hydrogen (secondary N) is 2. The van der Waals surface area contributed by atoms with Crippen LogP contribution >= 0.6 is 11.6 Å². The van der Waals surface area contributed by atoms with E-state index in [0.717, 1.165) is 17.3 Å². The summed E-state index contributed by atoms with van der Waals surface area (Å²) in [5.41, 5.74) is 2.34. The van der Waals surface area contributed by atoms with Gasteiger partial charge in [0, 0.05) is 30.3 Å². The molecule has 0 spiro atoms. The van der Waals surface area contributed by atoms with E-state index in [9.17, 15) is 0 Å². The number of halogens is 1. The molecule has 0 radical (unpaired) electrons. The lowest BCUT2D eigenvalue weighted by molar-refractivity contribution is 0.898. The van der Waals surface area contributed by atoms with Gasteiger partial charge in [-0.15, -0.1) is 0 Å². The first-order valence-electron chi connectivity index (χ1n) is 7.74. The van der Waals surface area contributed by atoms with Crippen molar-refractivity contribution in [1.29, 1.82) is 0 Å². The Labute approximate surface area is 136 Å². The maximum atomic E-state index is 6.08. The van der Waals surface area contributed by atoms with Gasteiger partial charge in [0.15, 0.2) is 0 Å². The van der Waals surface area contributed by atoms with Crippen LogP contribution in [0.5, 0.6) is 0 Å². The molecule has 2 N–H and O–H groups in total. The third kappa shape index (κ3) is 4.10. The molecular weight excluding hydrogens is 296 g/mol. The normalized spacial score (nSPS) is 14.2. The number of anilines is 2. The molecule has 1 aliphatic rings. The highest BCUT2D eigenvalue weighted by molar-refractivity contribution is 6.29. The van der Waals surface area contributed by atoms with E-state index in [4.69, 9.17) is 11.6 Å². The molecule has 0 saturated heterocycles. The lowest BCUT2D eigenvalue weighted by Gasteiger charge is -2.12. The molecule has 1 aromatic carbocycles. The van der Waals surface area contributed by atoms with Gasteiger partial charge in [-0.1, -0.05) is 23.7 Å². The largest absolute Gasteiger partial charge is 0.383 e. The predicted molar refractivity (Wildman–Crippen MR) is 91.5 cm³/mol. The van der Waals surface area contributed by atoms with Crippen LogP contribution in [0.15, 0.2) is 30.3 Å². The molecule has 0 atom stereocenters. The number of benzene rings is 1. The molecule has 4 nitrogen and oxygen atoms in total. The van der Waals surface area contributed by atoms with Crippen molar-refractivity contribution in [3.63, 3.8) is 0 Å². The van der Waals surface area contributed by atoms with E-state index in [-0.39, 0.29) is 0 Å². The molecule has 1 heterocycles. The highest BCUT2D eigenvalue weighted by atomic mass is 35.5. The topological polar surface area (TPSA) is 49.8 Å². The molecule has 0 aliphatic heterocycles. The molecule has 0 unspecified atom stereocenters. The van der Waals surface area contributed by atoms with Crippen LogP contribution in [-0.2, 0) is 6.54 Å². The minimum atomic E-state index is 0.421. The molecule has 22 heavy (non-hydrogen) atoms. The van der Waals surface area contributed by atoms with Crippen molar-refractivity contribution < 1.29 is 0 Å². The van der Waals surface area contributed by atoms with Gasteiger partial charge in [-0.3, -0.25) is 0 Å². The highest BCUT2D eigenvalue weighted by Crippen LogP contribution is 2.38. The molecule has 116 valence electrons. The Morgan fingerprint density at radius 3 is 2.77 bits per heavy atom. The average Bonchev–Trinajstić information content (AvgIpc) is 3.29. The first kappa shape index (κ1) is 15.1. The lowest BCUT2D eigenvalue weighted by Crippen LogP contribution is -2.10. The Bertz CT molecular complexity index is 653. The van der Waals surface area contributed by atoms with E-state index in [2.05, 4.69) is 58.7 Å². The molecule has 2 aromatic rings. The molecule has 1 aromatic heterocycles. The van der Waals surface area contributed by atoms with Gasteiger partial charge in [-0.25, -0.2) is 9.97 Å². The summed E-state index contributed by atoms with van der Waals surface area (Å²) < 4.78 is 0. The van der Waals surface area contributed by atoms with Gasteiger partial charge in [0.2, 0.25) is 0 Å². The minimum Gasteiger partial charge on any atom is -0.383 e. The second-order valence-corrected chi connectivity index (χ2v) is 6.45. The average molecular weight is 317 g/mol.